The fraction of sp³-hybridized carbons (Fsp3) is 0.400. The van der Waals surface area contributed by atoms with Crippen LogP contribution in [0.15, 0.2) is 60.7 Å². The zero-order chi connectivity index (χ0) is 15.2. The van der Waals surface area contributed by atoms with Crippen molar-refractivity contribution in [3.05, 3.63) is 71.8 Å². The van der Waals surface area contributed by atoms with Gasteiger partial charge in [0.25, 0.3) is 0 Å². The van der Waals surface area contributed by atoms with Crippen LogP contribution in [0, 0.1) is 0 Å². The van der Waals surface area contributed by atoms with E-state index in [-0.39, 0.29) is 0 Å². The Labute approximate surface area is 134 Å². The Morgan fingerprint density at radius 1 is 1.05 bits per heavy atom. The lowest BCUT2D eigenvalue weighted by Crippen LogP contribution is -2.34. The Bertz CT molecular complexity index is 552. The van der Waals surface area contributed by atoms with Crippen molar-refractivity contribution in [2.75, 3.05) is 19.6 Å². The molecule has 1 N–H and O–H groups in total. The number of nitrogens with one attached hydrogen (secondary N) is 1. The molecule has 0 amide bonds. The molecule has 1 saturated heterocycles. The van der Waals surface area contributed by atoms with Gasteiger partial charge < -0.3 is 5.32 Å². The van der Waals surface area contributed by atoms with Gasteiger partial charge in [-0.25, -0.2) is 0 Å². The van der Waals surface area contributed by atoms with Crippen LogP contribution in [0.2, 0.25) is 0 Å². The van der Waals surface area contributed by atoms with E-state index < -0.39 is 0 Å². The van der Waals surface area contributed by atoms with E-state index in [0.29, 0.717) is 12.0 Å². The predicted octanol–water partition coefficient (Wildman–Crippen LogP) is 3.65. The van der Waals surface area contributed by atoms with Crippen LogP contribution in [0.1, 0.15) is 30.4 Å². The maximum absolute atomic E-state index is 3.75. The smallest absolute Gasteiger partial charge is 0.0234 e. The summed E-state index contributed by atoms with van der Waals surface area (Å²) >= 11 is 0. The minimum Gasteiger partial charge on any atom is -0.312 e. The Morgan fingerprint density at radius 2 is 1.73 bits per heavy atom. The van der Waals surface area contributed by atoms with E-state index in [9.17, 15) is 0 Å². The molecular weight excluding hydrogens is 268 g/mol. The molecule has 0 spiro atoms. The number of hydrogen-bond donors (Lipinski definition) is 1. The van der Waals surface area contributed by atoms with Crippen molar-refractivity contribution in [2.24, 2.45) is 0 Å². The van der Waals surface area contributed by atoms with Crippen LogP contribution in [0.5, 0.6) is 0 Å². The first-order valence-corrected chi connectivity index (χ1v) is 8.36. The van der Waals surface area contributed by atoms with E-state index in [1.165, 1.54) is 24.1 Å². The molecule has 116 valence electrons. The quantitative estimate of drug-likeness (QED) is 0.875. The number of hydrogen-bond acceptors (Lipinski definition) is 2. The van der Waals surface area contributed by atoms with Gasteiger partial charge in [0.2, 0.25) is 0 Å². The Hall–Kier alpha value is -1.64. The van der Waals surface area contributed by atoms with Crippen LogP contribution in [0.3, 0.4) is 0 Å². The van der Waals surface area contributed by atoms with Gasteiger partial charge in [-0.1, -0.05) is 67.6 Å². The van der Waals surface area contributed by atoms with Gasteiger partial charge >= 0.3 is 0 Å². The molecule has 22 heavy (non-hydrogen) atoms. The van der Waals surface area contributed by atoms with Crippen molar-refractivity contribution in [3.8, 4) is 0 Å². The summed E-state index contributed by atoms with van der Waals surface area (Å²) in [5.74, 6) is 0.573. The van der Waals surface area contributed by atoms with Gasteiger partial charge in [-0.05, 0) is 23.5 Å². The van der Waals surface area contributed by atoms with Crippen molar-refractivity contribution < 1.29 is 0 Å². The Kier molecular flexibility index (Phi) is 5.25. The van der Waals surface area contributed by atoms with Gasteiger partial charge in [0.15, 0.2) is 0 Å². The van der Waals surface area contributed by atoms with Gasteiger partial charge in [0, 0.05) is 32.2 Å². The second-order valence-electron chi connectivity index (χ2n) is 6.43. The fourth-order valence-corrected chi connectivity index (χ4v) is 3.23. The van der Waals surface area contributed by atoms with Crippen LogP contribution >= 0.6 is 0 Å². The number of likely N-dealkylation sites (tertiary alicyclic amines) is 1. The van der Waals surface area contributed by atoms with Gasteiger partial charge in [-0.15, -0.1) is 0 Å². The lowest BCUT2D eigenvalue weighted by Gasteiger charge is -2.19. The normalized spacial score (nSPS) is 20.1. The molecule has 2 aromatic carbocycles. The maximum Gasteiger partial charge on any atom is 0.0234 e. The number of benzene rings is 2. The molecule has 0 saturated carbocycles. The van der Waals surface area contributed by atoms with E-state index in [2.05, 4.69) is 77.8 Å². The minimum absolute atomic E-state index is 0.573. The van der Waals surface area contributed by atoms with Crippen LogP contribution in [-0.2, 0) is 6.54 Å². The van der Waals surface area contributed by atoms with Crippen molar-refractivity contribution >= 4 is 0 Å². The molecule has 1 aliphatic heterocycles. The average molecular weight is 294 g/mol. The van der Waals surface area contributed by atoms with E-state index >= 15 is 0 Å². The molecule has 0 aromatic heterocycles. The van der Waals surface area contributed by atoms with Gasteiger partial charge in [-0.2, -0.15) is 0 Å². The summed E-state index contributed by atoms with van der Waals surface area (Å²) < 4.78 is 0. The maximum atomic E-state index is 3.75. The molecule has 0 bridgehead atoms. The summed E-state index contributed by atoms with van der Waals surface area (Å²) in [5, 5.41) is 3.75. The summed E-state index contributed by atoms with van der Waals surface area (Å²) in [6.07, 6.45) is 1.26. The third kappa shape index (κ3) is 4.19. The molecular formula is C20H26N2. The third-order valence-corrected chi connectivity index (χ3v) is 4.60. The third-order valence-electron chi connectivity index (χ3n) is 4.60. The van der Waals surface area contributed by atoms with Crippen molar-refractivity contribution in [1.29, 1.82) is 0 Å². The lowest BCUT2D eigenvalue weighted by molar-refractivity contribution is 0.319. The van der Waals surface area contributed by atoms with Crippen molar-refractivity contribution in [2.45, 2.75) is 31.8 Å². The summed E-state index contributed by atoms with van der Waals surface area (Å²) in [4.78, 5) is 2.56. The van der Waals surface area contributed by atoms with E-state index in [1.807, 2.05) is 0 Å². The highest BCUT2D eigenvalue weighted by Gasteiger charge is 2.22. The van der Waals surface area contributed by atoms with Gasteiger partial charge in [0.05, 0.1) is 0 Å². The number of rotatable bonds is 6. The molecule has 2 aromatic rings. The van der Waals surface area contributed by atoms with Crippen LogP contribution in [0.25, 0.3) is 0 Å². The van der Waals surface area contributed by atoms with Crippen molar-refractivity contribution in [1.82, 2.24) is 10.2 Å². The van der Waals surface area contributed by atoms with Crippen LogP contribution in [-0.4, -0.2) is 30.6 Å². The SMILES string of the molecule is C[C@H](CN[C@H]1CCN(Cc2ccccc2)C1)c1ccccc1. The van der Waals surface area contributed by atoms with Crippen LogP contribution < -0.4 is 5.32 Å². The monoisotopic (exact) mass is 294 g/mol. The Balaban J connectivity index is 1.43. The second kappa shape index (κ2) is 7.57. The molecule has 1 fully saturated rings. The average Bonchev–Trinajstić information content (AvgIpc) is 3.02. The molecule has 2 atom stereocenters. The van der Waals surface area contributed by atoms with Crippen LogP contribution in [0.4, 0.5) is 0 Å². The van der Waals surface area contributed by atoms with Gasteiger partial charge in [0.1, 0.15) is 0 Å². The summed E-state index contributed by atoms with van der Waals surface area (Å²) in [6, 6.07) is 22.2. The van der Waals surface area contributed by atoms with Gasteiger partial charge in [-0.3, -0.25) is 4.90 Å². The van der Waals surface area contributed by atoms with Crippen molar-refractivity contribution in [3.63, 3.8) is 0 Å². The predicted molar refractivity (Wildman–Crippen MR) is 93.0 cm³/mol. The zero-order valence-electron chi connectivity index (χ0n) is 13.4. The highest BCUT2D eigenvalue weighted by atomic mass is 15.2. The first-order chi connectivity index (χ1) is 10.8. The minimum atomic E-state index is 0.573. The summed E-state index contributed by atoms with van der Waals surface area (Å²) in [5.41, 5.74) is 2.84. The molecule has 1 heterocycles. The summed E-state index contributed by atoms with van der Waals surface area (Å²) in [6.45, 7) is 6.81. The second-order valence-corrected chi connectivity index (χ2v) is 6.43. The number of nitrogens with zero attached hydrogens (tertiary/aromatic N) is 1. The molecule has 0 unspecified atom stereocenters. The van der Waals surface area contributed by atoms with E-state index in [0.717, 1.165) is 19.6 Å². The first kappa shape index (κ1) is 15.3. The highest BCUT2D eigenvalue weighted by Crippen LogP contribution is 2.16. The highest BCUT2D eigenvalue weighted by molar-refractivity contribution is 5.19. The molecule has 0 radical (unpaired) electrons. The lowest BCUT2D eigenvalue weighted by atomic mass is 10.0. The first-order valence-electron chi connectivity index (χ1n) is 8.36. The van der Waals surface area contributed by atoms with E-state index in [4.69, 9.17) is 0 Å². The van der Waals surface area contributed by atoms with E-state index in [1.54, 1.807) is 0 Å². The topological polar surface area (TPSA) is 15.3 Å². The molecule has 3 rings (SSSR count). The summed E-state index contributed by atoms with van der Waals surface area (Å²) in [7, 11) is 0. The standard InChI is InChI=1S/C20H26N2/c1-17(19-10-6-3-7-11-19)14-21-20-12-13-22(16-20)15-18-8-4-2-5-9-18/h2-11,17,20-21H,12-16H2,1H3/t17-,20+/m1/s1. The molecule has 1 aliphatic rings. The molecule has 0 aliphatic carbocycles. The fourth-order valence-electron chi connectivity index (χ4n) is 3.23. The largest absolute Gasteiger partial charge is 0.312 e. The molecule has 2 nitrogen and oxygen atoms in total. The Morgan fingerprint density at radius 3 is 2.45 bits per heavy atom. The molecule has 2 heteroatoms. The zero-order valence-corrected chi connectivity index (χ0v) is 13.4.